The van der Waals surface area contributed by atoms with Crippen LogP contribution in [0, 0.1) is 0 Å². The molecule has 0 radical (unpaired) electrons. The van der Waals surface area contributed by atoms with Crippen molar-refractivity contribution in [1.29, 1.82) is 0 Å². The van der Waals surface area contributed by atoms with Gasteiger partial charge in [-0.15, -0.1) is 19.9 Å². The smallest absolute Gasteiger partial charge is 0.142 e. The van der Waals surface area contributed by atoms with Crippen LogP contribution in [0.3, 0.4) is 0 Å². The lowest BCUT2D eigenvalue weighted by Crippen LogP contribution is -2.11. The summed E-state index contributed by atoms with van der Waals surface area (Å²) in [6.07, 6.45) is 6.40. The van der Waals surface area contributed by atoms with E-state index in [2.05, 4.69) is 10.2 Å². The Morgan fingerprint density at radius 2 is 1.68 bits per heavy atom. The molecule has 0 bridgehead atoms. The summed E-state index contributed by atoms with van der Waals surface area (Å²) in [6.45, 7) is 0.544. The number of hydrogen-bond donors (Lipinski definition) is 1. The zero-order chi connectivity index (χ0) is 13.3. The minimum Gasteiger partial charge on any atom is -0.412 e. The van der Waals surface area contributed by atoms with Gasteiger partial charge in [-0.2, -0.15) is 0 Å². The van der Waals surface area contributed by atoms with Gasteiger partial charge < -0.3 is 10.0 Å². The highest BCUT2D eigenvalue weighted by molar-refractivity contribution is 5.13. The zero-order valence-electron chi connectivity index (χ0n) is 10.2. The van der Waals surface area contributed by atoms with Crippen LogP contribution in [-0.2, 0) is 6.61 Å². The summed E-state index contributed by atoms with van der Waals surface area (Å²) in [6, 6.07) is 13.5. The van der Waals surface area contributed by atoms with Gasteiger partial charge in [0.15, 0.2) is 0 Å². The SMILES string of the molecule is On1cccn1.c1ccc(COn2cccn2)cc1. The van der Waals surface area contributed by atoms with Crippen LogP contribution in [0.1, 0.15) is 5.56 Å². The Morgan fingerprint density at radius 3 is 2.21 bits per heavy atom. The lowest BCUT2D eigenvalue weighted by atomic mass is 10.2. The number of nitrogens with zero attached hydrogens (tertiary/aromatic N) is 4. The van der Waals surface area contributed by atoms with Crippen LogP contribution in [0.15, 0.2) is 67.3 Å². The molecule has 1 N–H and O–H groups in total. The molecule has 19 heavy (non-hydrogen) atoms. The van der Waals surface area contributed by atoms with Gasteiger partial charge >= 0.3 is 0 Å². The zero-order valence-corrected chi connectivity index (χ0v) is 10.2. The van der Waals surface area contributed by atoms with Gasteiger partial charge in [-0.05, 0) is 17.7 Å². The first kappa shape index (κ1) is 12.7. The first-order valence-corrected chi connectivity index (χ1v) is 5.70. The van der Waals surface area contributed by atoms with Crippen molar-refractivity contribution in [3.05, 3.63) is 72.8 Å². The quantitative estimate of drug-likeness (QED) is 0.725. The number of aromatic nitrogens is 4. The average molecular weight is 258 g/mol. The molecular formula is C13H14N4O2. The number of benzene rings is 1. The average Bonchev–Trinajstić information content (AvgIpc) is 3.11. The number of rotatable bonds is 3. The molecule has 3 aromatic rings. The molecule has 0 saturated heterocycles. The van der Waals surface area contributed by atoms with E-state index in [1.54, 1.807) is 18.5 Å². The van der Waals surface area contributed by atoms with Gasteiger partial charge in [0.05, 0.1) is 24.8 Å². The topological polar surface area (TPSA) is 65.1 Å². The Balaban J connectivity index is 0.000000186. The molecule has 0 aliphatic carbocycles. The highest BCUT2D eigenvalue weighted by atomic mass is 16.7. The molecule has 0 fully saturated rings. The van der Waals surface area contributed by atoms with Crippen molar-refractivity contribution < 1.29 is 10.0 Å². The Morgan fingerprint density at radius 1 is 0.947 bits per heavy atom. The predicted molar refractivity (Wildman–Crippen MR) is 68.4 cm³/mol. The summed E-state index contributed by atoms with van der Waals surface area (Å²) in [5.74, 6) is 0. The second-order valence-corrected chi connectivity index (χ2v) is 3.59. The third-order valence-corrected chi connectivity index (χ3v) is 2.18. The van der Waals surface area contributed by atoms with Crippen molar-refractivity contribution in [1.82, 2.24) is 19.9 Å². The normalized spacial score (nSPS) is 9.47. The van der Waals surface area contributed by atoms with Gasteiger partial charge in [0.25, 0.3) is 0 Å². The van der Waals surface area contributed by atoms with E-state index >= 15 is 0 Å². The van der Waals surface area contributed by atoms with Crippen molar-refractivity contribution in [2.75, 3.05) is 0 Å². The van der Waals surface area contributed by atoms with E-state index in [0.717, 1.165) is 10.4 Å². The van der Waals surface area contributed by atoms with Crippen LogP contribution in [0.25, 0.3) is 0 Å². The van der Waals surface area contributed by atoms with E-state index in [1.807, 2.05) is 36.4 Å². The molecule has 0 saturated carbocycles. The molecule has 3 rings (SSSR count). The van der Waals surface area contributed by atoms with E-state index in [9.17, 15) is 0 Å². The first-order chi connectivity index (χ1) is 9.34. The summed E-state index contributed by atoms with van der Waals surface area (Å²) in [7, 11) is 0. The molecule has 0 aliphatic rings. The van der Waals surface area contributed by atoms with Gasteiger partial charge in [-0.1, -0.05) is 30.3 Å². The highest BCUT2D eigenvalue weighted by Gasteiger charge is 1.92. The maximum atomic E-state index is 8.28. The first-order valence-electron chi connectivity index (χ1n) is 5.70. The molecule has 2 aromatic heterocycles. The van der Waals surface area contributed by atoms with Gasteiger partial charge in [-0.25, -0.2) is 0 Å². The summed E-state index contributed by atoms with van der Waals surface area (Å²) in [5, 5.41) is 15.6. The predicted octanol–water partition coefficient (Wildman–Crippen LogP) is 1.63. The molecule has 6 heteroatoms. The molecule has 0 aliphatic heterocycles. The second kappa shape index (κ2) is 6.85. The standard InChI is InChI=1S/C10H10N2O.C3H4N2O/c1-2-5-10(6-3-1)9-13-12-8-4-7-11-12;6-5-3-1-2-4-5/h1-8H,9H2;1-3,6H. The van der Waals surface area contributed by atoms with E-state index in [4.69, 9.17) is 10.0 Å². The van der Waals surface area contributed by atoms with E-state index in [0.29, 0.717) is 6.61 Å². The Hall–Kier alpha value is -2.76. The minimum atomic E-state index is 0.544. The molecule has 1 aromatic carbocycles. The molecule has 6 nitrogen and oxygen atoms in total. The molecule has 0 atom stereocenters. The molecular weight excluding hydrogens is 244 g/mol. The Bertz CT molecular complexity index is 550. The van der Waals surface area contributed by atoms with E-state index in [-0.39, 0.29) is 0 Å². The number of hydrogen-bond acceptors (Lipinski definition) is 4. The third kappa shape index (κ3) is 4.55. The van der Waals surface area contributed by atoms with Crippen molar-refractivity contribution in [3.63, 3.8) is 0 Å². The molecule has 0 spiro atoms. The molecule has 0 unspecified atom stereocenters. The van der Waals surface area contributed by atoms with Gasteiger partial charge in [0, 0.05) is 0 Å². The lowest BCUT2D eigenvalue weighted by Gasteiger charge is -2.03. The highest BCUT2D eigenvalue weighted by Crippen LogP contribution is 1.98. The summed E-state index contributed by atoms with van der Waals surface area (Å²) < 4.78 is 0. The van der Waals surface area contributed by atoms with Crippen LogP contribution in [-0.4, -0.2) is 25.1 Å². The van der Waals surface area contributed by atoms with Crippen LogP contribution < -0.4 is 4.84 Å². The second-order valence-electron chi connectivity index (χ2n) is 3.59. The van der Waals surface area contributed by atoms with Crippen molar-refractivity contribution >= 4 is 0 Å². The summed E-state index contributed by atoms with van der Waals surface area (Å²) >= 11 is 0. The lowest BCUT2D eigenvalue weighted by molar-refractivity contribution is 0.0700. The maximum absolute atomic E-state index is 8.28. The van der Waals surface area contributed by atoms with Crippen molar-refractivity contribution in [2.24, 2.45) is 0 Å². The minimum absolute atomic E-state index is 0.544. The molecule has 2 heterocycles. The van der Waals surface area contributed by atoms with Crippen molar-refractivity contribution in [3.8, 4) is 0 Å². The molecule has 98 valence electrons. The molecule has 0 amide bonds. The van der Waals surface area contributed by atoms with Gasteiger partial charge in [0.2, 0.25) is 0 Å². The summed E-state index contributed by atoms with van der Waals surface area (Å²) in [4.78, 5) is 7.54. The summed E-state index contributed by atoms with van der Waals surface area (Å²) in [5.41, 5.74) is 1.14. The fourth-order valence-corrected chi connectivity index (χ4v) is 1.31. The van der Waals surface area contributed by atoms with Gasteiger partial charge in [-0.3, -0.25) is 0 Å². The third-order valence-electron chi connectivity index (χ3n) is 2.18. The largest absolute Gasteiger partial charge is 0.412 e. The van der Waals surface area contributed by atoms with Crippen molar-refractivity contribution in [2.45, 2.75) is 6.61 Å². The van der Waals surface area contributed by atoms with Crippen LogP contribution >= 0.6 is 0 Å². The monoisotopic (exact) mass is 258 g/mol. The van der Waals surface area contributed by atoms with E-state index < -0.39 is 0 Å². The van der Waals surface area contributed by atoms with E-state index in [1.165, 1.54) is 17.2 Å². The van der Waals surface area contributed by atoms with Crippen LogP contribution in [0.2, 0.25) is 0 Å². The fraction of sp³-hybridized carbons (Fsp3) is 0.0769. The Labute approximate surface area is 110 Å². The van der Waals surface area contributed by atoms with Gasteiger partial charge in [0.1, 0.15) is 6.61 Å². The maximum Gasteiger partial charge on any atom is 0.142 e. The Kier molecular flexibility index (Phi) is 4.58. The fourth-order valence-electron chi connectivity index (χ4n) is 1.31. The van der Waals surface area contributed by atoms with Crippen LogP contribution in [0.5, 0.6) is 0 Å². The van der Waals surface area contributed by atoms with Crippen LogP contribution in [0.4, 0.5) is 0 Å².